The molecular weight excluding hydrogens is 244 g/mol. The van der Waals surface area contributed by atoms with Crippen molar-refractivity contribution in [3.63, 3.8) is 0 Å². The maximum absolute atomic E-state index is 4.30. The van der Waals surface area contributed by atoms with Gasteiger partial charge in [0.15, 0.2) is 5.82 Å². The molecule has 0 aliphatic heterocycles. The highest BCUT2D eigenvalue weighted by atomic mass is 79.9. The molecule has 0 saturated heterocycles. The number of hydrogen-bond donors (Lipinski definition) is 0. The summed E-state index contributed by atoms with van der Waals surface area (Å²) >= 11 is 3.34. The van der Waals surface area contributed by atoms with Crippen LogP contribution in [0.15, 0.2) is 30.9 Å². The van der Waals surface area contributed by atoms with E-state index >= 15 is 0 Å². The number of aromatic nitrogens is 4. The Kier molecular flexibility index (Phi) is 2.78. The quantitative estimate of drug-likeness (QED) is 0.764. The maximum Gasteiger partial charge on any atom is 0.179 e. The first-order valence-corrected chi connectivity index (χ1v) is 5.16. The average molecular weight is 251 g/mol. The van der Waals surface area contributed by atoms with Gasteiger partial charge >= 0.3 is 0 Å². The van der Waals surface area contributed by atoms with Crippen molar-refractivity contribution < 1.29 is 0 Å². The van der Waals surface area contributed by atoms with E-state index < -0.39 is 0 Å². The van der Waals surface area contributed by atoms with Gasteiger partial charge in [-0.25, -0.2) is 15.0 Å². The second-order valence-electron chi connectivity index (χ2n) is 2.60. The van der Waals surface area contributed by atoms with Crippen molar-refractivity contribution in [2.45, 2.75) is 5.33 Å². The number of alkyl halides is 1. The molecule has 0 spiro atoms. The van der Waals surface area contributed by atoms with Crippen LogP contribution in [0.2, 0.25) is 0 Å². The third kappa shape index (κ3) is 1.93. The SMILES string of the molecule is BrCc1ccnc(-c2cnccn2)n1. The highest BCUT2D eigenvalue weighted by molar-refractivity contribution is 9.08. The lowest BCUT2D eigenvalue weighted by molar-refractivity contribution is 1.07. The van der Waals surface area contributed by atoms with Crippen LogP contribution >= 0.6 is 15.9 Å². The van der Waals surface area contributed by atoms with Crippen LogP contribution in [0.5, 0.6) is 0 Å². The van der Waals surface area contributed by atoms with Crippen molar-refractivity contribution in [1.82, 2.24) is 19.9 Å². The van der Waals surface area contributed by atoms with Crippen LogP contribution in [-0.2, 0) is 5.33 Å². The lowest BCUT2D eigenvalue weighted by Crippen LogP contribution is -1.94. The first kappa shape index (κ1) is 9.21. The van der Waals surface area contributed by atoms with E-state index in [1.54, 1.807) is 24.8 Å². The molecule has 0 aliphatic rings. The summed E-state index contributed by atoms with van der Waals surface area (Å²) in [6.45, 7) is 0. The van der Waals surface area contributed by atoms with Gasteiger partial charge < -0.3 is 0 Å². The van der Waals surface area contributed by atoms with Crippen LogP contribution in [0.4, 0.5) is 0 Å². The highest BCUT2D eigenvalue weighted by Crippen LogP contribution is 2.10. The highest BCUT2D eigenvalue weighted by Gasteiger charge is 2.02. The van der Waals surface area contributed by atoms with E-state index in [-0.39, 0.29) is 0 Å². The summed E-state index contributed by atoms with van der Waals surface area (Å²) in [5.74, 6) is 0.607. The topological polar surface area (TPSA) is 51.6 Å². The molecule has 14 heavy (non-hydrogen) atoms. The predicted molar refractivity (Wildman–Crippen MR) is 55.7 cm³/mol. The molecule has 0 fully saturated rings. The Bertz CT molecular complexity index is 418. The second-order valence-corrected chi connectivity index (χ2v) is 3.16. The fraction of sp³-hybridized carbons (Fsp3) is 0.111. The van der Waals surface area contributed by atoms with E-state index in [9.17, 15) is 0 Å². The van der Waals surface area contributed by atoms with Crippen LogP contribution in [0.3, 0.4) is 0 Å². The molecule has 0 N–H and O–H groups in total. The normalized spacial score (nSPS) is 10.1. The van der Waals surface area contributed by atoms with E-state index in [1.165, 1.54) is 0 Å². The van der Waals surface area contributed by atoms with E-state index in [1.807, 2.05) is 6.07 Å². The Morgan fingerprint density at radius 2 is 2.07 bits per heavy atom. The van der Waals surface area contributed by atoms with E-state index in [0.717, 1.165) is 5.69 Å². The smallest absolute Gasteiger partial charge is 0.179 e. The Morgan fingerprint density at radius 1 is 1.14 bits per heavy atom. The third-order valence-corrected chi connectivity index (χ3v) is 2.22. The molecule has 0 amide bonds. The number of nitrogens with zero attached hydrogens (tertiary/aromatic N) is 4. The number of rotatable bonds is 2. The molecule has 70 valence electrons. The Hall–Kier alpha value is -1.36. The summed E-state index contributed by atoms with van der Waals surface area (Å²) in [5.41, 5.74) is 1.62. The van der Waals surface area contributed by atoms with E-state index in [4.69, 9.17) is 0 Å². The molecule has 2 rings (SSSR count). The third-order valence-electron chi connectivity index (χ3n) is 1.64. The first-order chi connectivity index (χ1) is 6.90. The summed E-state index contributed by atoms with van der Waals surface area (Å²) in [4.78, 5) is 16.5. The monoisotopic (exact) mass is 250 g/mol. The van der Waals surface area contributed by atoms with E-state index in [2.05, 4.69) is 35.9 Å². The number of halogens is 1. The lowest BCUT2D eigenvalue weighted by atomic mass is 10.4. The van der Waals surface area contributed by atoms with Crippen LogP contribution in [-0.4, -0.2) is 19.9 Å². The molecular formula is C9H7BrN4. The van der Waals surface area contributed by atoms with Crippen molar-refractivity contribution in [3.05, 3.63) is 36.5 Å². The minimum absolute atomic E-state index is 0.607. The van der Waals surface area contributed by atoms with Gasteiger partial charge in [0, 0.05) is 23.9 Å². The van der Waals surface area contributed by atoms with Crippen LogP contribution in [0.25, 0.3) is 11.5 Å². The van der Waals surface area contributed by atoms with Crippen LogP contribution in [0, 0.1) is 0 Å². The molecule has 0 atom stereocenters. The zero-order valence-corrected chi connectivity index (χ0v) is 8.85. The predicted octanol–water partition coefficient (Wildman–Crippen LogP) is 1.83. The molecule has 2 heterocycles. The van der Waals surface area contributed by atoms with Gasteiger partial charge in [-0.15, -0.1) is 0 Å². The number of hydrogen-bond acceptors (Lipinski definition) is 4. The van der Waals surface area contributed by atoms with Gasteiger partial charge in [-0.2, -0.15) is 0 Å². The molecule has 0 bridgehead atoms. The van der Waals surface area contributed by atoms with Gasteiger partial charge in [-0.3, -0.25) is 4.98 Å². The maximum atomic E-state index is 4.30. The van der Waals surface area contributed by atoms with Crippen molar-refractivity contribution in [1.29, 1.82) is 0 Å². The zero-order chi connectivity index (χ0) is 9.80. The molecule has 2 aromatic rings. The molecule has 0 saturated carbocycles. The molecule has 5 heteroatoms. The Balaban J connectivity index is 2.42. The lowest BCUT2D eigenvalue weighted by Gasteiger charge is -1.99. The van der Waals surface area contributed by atoms with Crippen LogP contribution in [0.1, 0.15) is 5.69 Å². The van der Waals surface area contributed by atoms with Gasteiger partial charge in [-0.1, -0.05) is 15.9 Å². The second kappa shape index (κ2) is 4.23. The summed E-state index contributed by atoms with van der Waals surface area (Å²) in [6.07, 6.45) is 6.61. The fourth-order valence-electron chi connectivity index (χ4n) is 1.01. The minimum Gasteiger partial charge on any atom is -0.261 e. The average Bonchev–Trinajstić information content (AvgIpc) is 2.30. The summed E-state index contributed by atoms with van der Waals surface area (Å²) in [6, 6.07) is 1.86. The molecule has 0 aromatic carbocycles. The molecule has 0 unspecified atom stereocenters. The van der Waals surface area contributed by atoms with Gasteiger partial charge in [0.05, 0.1) is 11.9 Å². The fourth-order valence-corrected chi connectivity index (χ4v) is 1.32. The Labute approximate surface area is 89.6 Å². The molecule has 2 aromatic heterocycles. The summed E-state index contributed by atoms with van der Waals surface area (Å²) < 4.78 is 0. The van der Waals surface area contributed by atoms with Gasteiger partial charge in [0.25, 0.3) is 0 Å². The van der Waals surface area contributed by atoms with Crippen molar-refractivity contribution in [2.24, 2.45) is 0 Å². The first-order valence-electron chi connectivity index (χ1n) is 4.04. The zero-order valence-electron chi connectivity index (χ0n) is 7.26. The van der Waals surface area contributed by atoms with Crippen molar-refractivity contribution >= 4 is 15.9 Å². The minimum atomic E-state index is 0.607. The van der Waals surface area contributed by atoms with E-state index in [0.29, 0.717) is 16.8 Å². The standard InChI is InChI=1S/C9H7BrN4/c10-5-7-1-2-13-9(14-7)8-6-11-3-4-12-8/h1-4,6H,5H2. The van der Waals surface area contributed by atoms with Gasteiger partial charge in [0.1, 0.15) is 5.69 Å². The Morgan fingerprint density at radius 3 is 2.79 bits per heavy atom. The van der Waals surface area contributed by atoms with Gasteiger partial charge in [-0.05, 0) is 6.07 Å². The molecule has 0 radical (unpaired) electrons. The van der Waals surface area contributed by atoms with Crippen molar-refractivity contribution in [2.75, 3.05) is 0 Å². The molecule has 0 aliphatic carbocycles. The van der Waals surface area contributed by atoms with Crippen LogP contribution < -0.4 is 0 Å². The van der Waals surface area contributed by atoms with Gasteiger partial charge in [0.2, 0.25) is 0 Å². The summed E-state index contributed by atoms with van der Waals surface area (Å²) in [7, 11) is 0. The summed E-state index contributed by atoms with van der Waals surface area (Å²) in [5, 5.41) is 0.711. The largest absolute Gasteiger partial charge is 0.261 e. The van der Waals surface area contributed by atoms with Crippen molar-refractivity contribution in [3.8, 4) is 11.5 Å². The molecule has 4 nitrogen and oxygen atoms in total.